The number of allylic oxidation sites excluding steroid dienone is 1. The van der Waals surface area contributed by atoms with E-state index in [0.29, 0.717) is 27.7 Å². The molecule has 148 valence electrons. The Morgan fingerprint density at radius 2 is 1.67 bits per heavy atom. The van der Waals surface area contributed by atoms with Crippen LogP contribution in [0, 0.1) is 0 Å². The third kappa shape index (κ3) is 3.15. The molecule has 0 spiro atoms. The van der Waals surface area contributed by atoms with Crippen molar-refractivity contribution < 1.29 is 13.9 Å². The minimum atomic E-state index is -0.407. The number of rotatable bonds is 3. The fourth-order valence-corrected chi connectivity index (χ4v) is 3.86. The van der Waals surface area contributed by atoms with E-state index in [-0.39, 0.29) is 5.92 Å². The Labute approximate surface area is 177 Å². The number of ether oxygens (including phenoxy) is 2. The molecule has 1 aliphatic heterocycles. The van der Waals surface area contributed by atoms with Crippen LogP contribution in [0.25, 0.3) is 16.7 Å². The van der Waals surface area contributed by atoms with Gasteiger partial charge in [0.2, 0.25) is 0 Å². The van der Waals surface area contributed by atoms with E-state index < -0.39 is 5.63 Å². The molecule has 0 aliphatic carbocycles. The van der Waals surface area contributed by atoms with Crippen LogP contribution < -0.4 is 15.1 Å². The topological polar surface area (TPSA) is 48.7 Å². The van der Waals surface area contributed by atoms with Crippen molar-refractivity contribution in [1.82, 2.24) is 0 Å². The first-order chi connectivity index (χ1) is 14.6. The van der Waals surface area contributed by atoms with E-state index in [0.717, 1.165) is 22.3 Å². The highest BCUT2D eigenvalue weighted by Crippen LogP contribution is 2.43. The smallest absolute Gasteiger partial charge is 0.344 e. The molecule has 0 fully saturated rings. The van der Waals surface area contributed by atoms with Gasteiger partial charge in [-0.3, -0.25) is 0 Å². The molecular weight excluding hydrogens is 400 g/mol. The second-order valence-corrected chi connectivity index (χ2v) is 7.46. The van der Waals surface area contributed by atoms with E-state index in [4.69, 9.17) is 25.5 Å². The van der Waals surface area contributed by atoms with Crippen LogP contribution in [0.15, 0.2) is 88.1 Å². The monoisotopic (exact) mass is 416 g/mol. The van der Waals surface area contributed by atoms with Crippen molar-refractivity contribution in [2.75, 3.05) is 7.11 Å². The van der Waals surface area contributed by atoms with Crippen LogP contribution in [0.1, 0.15) is 22.6 Å². The van der Waals surface area contributed by atoms with Crippen molar-refractivity contribution in [3.63, 3.8) is 0 Å². The highest BCUT2D eigenvalue weighted by atomic mass is 35.5. The molecule has 0 radical (unpaired) electrons. The SMILES string of the molecule is COc1ccc(C2C=C(c3ccc(Cl)cc3)Oc3c2c(=O)oc2ccccc32)cc1. The first kappa shape index (κ1) is 18.5. The largest absolute Gasteiger partial charge is 0.497 e. The normalized spacial score (nSPS) is 15.3. The van der Waals surface area contributed by atoms with Crippen molar-refractivity contribution in [3.05, 3.63) is 111 Å². The van der Waals surface area contributed by atoms with Gasteiger partial charge in [-0.05, 0) is 60.2 Å². The predicted molar refractivity (Wildman–Crippen MR) is 117 cm³/mol. The Hall–Kier alpha value is -3.50. The van der Waals surface area contributed by atoms with Crippen molar-refractivity contribution in [2.24, 2.45) is 0 Å². The maximum atomic E-state index is 13.0. The molecule has 30 heavy (non-hydrogen) atoms. The molecule has 2 heterocycles. The number of halogens is 1. The second kappa shape index (κ2) is 7.39. The maximum absolute atomic E-state index is 13.0. The van der Waals surface area contributed by atoms with Gasteiger partial charge in [-0.2, -0.15) is 0 Å². The van der Waals surface area contributed by atoms with Gasteiger partial charge in [0, 0.05) is 16.5 Å². The number of hydrogen-bond acceptors (Lipinski definition) is 4. The van der Waals surface area contributed by atoms with Crippen molar-refractivity contribution in [2.45, 2.75) is 5.92 Å². The second-order valence-electron chi connectivity index (χ2n) is 7.02. The molecule has 5 heteroatoms. The van der Waals surface area contributed by atoms with E-state index in [1.807, 2.05) is 72.8 Å². The Morgan fingerprint density at radius 1 is 0.933 bits per heavy atom. The summed E-state index contributed by atoms with van der Waals surface area (Å²) >= 11 is 6.06. The zero-order valence-corrected chi connectivity index (χ0v) is 16.8. The minimum absolute atomic E-state index is 0.328. The molecule has 0 amide bonds. The highest BCUT2D eigenvalue weighted by molar-refractivity contribution is 6.30. The van der Waals surface area contributed by atoms with E-state index in [2.05, 4.69) is 0 Å². The Balaban J connectivity index is 1.75. The van der Waals surface area contributed by atoms with Gasteiger partial charge in [0.1, 0.15) is 22.8 Å². The van der Waals surface area contributed by atoms with E-state index in [9.17, 15) is 4.79 Å². The van der Waals surface area contributed by atoms with Crippen LogP contribution in [0.4, 0.5) is 0 Å². The predicted octanol–water partition coefficient (Wildman–Crippen LogP) is 6.02. The number of methoxy groups -OCH3 is 1. The lowest BCUT2D eigenvalue weighted by atomic mass is 9.88. The zero-order chi connectivity index (χ0) is 20.7. The van der Waals surface area contributed by atoms with Gasteiger partial charge in [0.25, 0.3) is 0 Å². The third-order valence-corrected chi connectivity index (χ3v) is 5.50. The van der Waals surface area contributed by atoms with E-state index in [1.165, 1.54) is 0 Å². The van der Waals surface area contributed by atoms with Gasteiger partial charge in [-0.25, -0.2) is 4.79 Å². The minimum Gasteiger partial charge on any atom is -0.497 e. The van der Waals surface area contributed by atoms with Gasteiger partial charge in [-0.15, -0.1) is 0 Å². The van der Waals surface area contributed by atoms with Gasteiger partial charge in [0.15, 0.2) is 0 Å². The molecule has 1 aromatic heterocycles. The molecule has 3 aromatic carbocycles. The quantitative estimate of drug-likeness (QED) is 0.383. The van der Waals surface area contributed by atoms with Gasteiger partial charge in [0.05, 0.1) is 18.1 Å². The van der Waals surface area contributed by atoms with Crippen molar-refractivity contribution >= 4 is 28.3 Å². The average molecular weight is 417 g/mol. The standard InChI is InChI=1S/C25H17ClO4/c1-28-18-12-8-15(9-13-18)20-14-22(16-6-10-17(26)11-7-16)29-24-19-4-2-3-5-21(19)30-25(27)23(20)24/h2-14,20H,1H3. The van der Waals surface area contributed by atoms with Gasteiger partial charge < -0.3 is 13.9 Å². The summed E-state index contributed by atoms with van der Waals surface area (Å²) in [5.74, 6) is 1.61. The van der Waals surface area contributed by atoms with Crippen molar-refractivity contribution in [3.8, 4) is 11.5 Å². The summed E-state index contributed by atoms with van der Waals surface area (Å²) in [7, 11) is 1.62. The summed E-state index contributed by atoms with van der Waals surface area (Å²) in [5, 5.41) is 1.40. The molecule has 0 bridgehead atoms. The first-order valence-electron chi connectivity index (χ1n) is 9.49. The fourth-order valence-electron chi connectivity index (χ4n) is 3.74. The number of benzene rings is 3. The molecular formula is C25H17ClO4. The van der Waals surface area contributed by atoms with Crippen molar-refractivity contribution in [1.29, 1.82) is 0 Å². The molecule has 4 aromatic rings. The number of hydrogen-bond donors (Lipinski definition) is 0. The maximum Gasteiger partial charge on any atom is 0.344 e. The van der Waals surface area contributed by atoms with E-state index in [1.54, 1.807) is 13.2 Å². The third-order valence-electron chi connectivity index (χ3n) is 5.24. The number of fused-ring (bicyclic) bond motifs is 3. The Bertz CT molecular complexity index is 1320. The van der Waals surface area contributed by atoms with Crippen LogP contribution in [0.3, 0.4) is 0 Å². The summed E-state index contributed by atoms with van der Waals surface area (Å²) in [6.07, 6.45) is 1.94. The first-order valence-corrected chi connectivity index (χ1v) is 9.87. The van der Waals surface area contributed by atoms with Crippen LogP contribution in [-0.2, 0) is 0 Å². The molecule has 1 unspecified atom stereocenters. The summed E-state index contributed by atoms with van der Waals surface area (Å²) in [4.78, 5) is 13.0. The summed E-state index contributed by atoms with van der Waals surface area (Å²) in [6.45, 7) is 0. The molecule has 1 atom stereocenters. The van der Waals surface area contributed by atoms with Crippen LogP contribution in [-0.4, -0.2) is 7.11 Å². The van der Waals surface area contributed by atoms with E-state index >= 15 is 0 Å². The van der Waals surface area contributed by atoms with Crippen LogP contribution >= 0.6 is 11.6 Å². The Kier molecular flexibility index (Phi) is 4.57. The highest BCUT2D eigenvalue weighted by Gasteiger charge is 2.30. The zero-order valence-electron chi connectivity index (χ0n) is 16.1. The van der Waals surface area contributed by atoms with Crippen LogP contribution in [0.5, 0.6) is 11.5 Å². The lowest BCUT2D eigenvalue weighted by Gasteiger charge is -2.25. The molecule has 1 aliphatic rings. The molecule has 0 saturated heterocycles. The number of para-hydroxylation sites is 1. The van der Waals surface area contributed by atoms with Crippen LogP contribution in [0.2, 0.25) is 5.02 Å². The molecule has 4 nitrogen and oxygen atoms in total. The average Bonchev–Trinajstić information content (AvgIpc) is 2.79. The molecule has 0 saturated carbocycles. The summed E-state index contributed by atoms with van der Waals surface area (Å²) in [5.41, 5.74) is 2.38. The Morgan fingerprint density at radius 3 is 2.40 bits per heavy atom. The summed E-state index contributed by atoms with van der Waals surface area (Å²) < 4.78 is 17.2. The molecule has 5 rings (SSSR count). The lowest BCUT2D eigenvalue weighted by Crippen LogP contribution is -2.19. The fraction of sp³-hybridized carbons (Fsp3) is 0.0800. The molecule has 0 N–H and O–H groups in total. The van der Waals surface area contributed by atoms with Gasteiger partial charge >= 0.3 is 5.63 Å². The van der Waals surface area contributed by atoms with Gasteiger partial charge in [-0.1, -0.05) is 35.9 Å². The summed E-state index contributed by atoms with van der Waals surface area (Å²) in [6, 6.07) is 22.5. The lowest BCUT2D eigenvalue weighted by molar-refractivity contribution is 0.414.